The van der Waals surface area contributed by atoms with Crippen molar-refractivity contribution in [3.05, 3.63) is 41.5 Å². The fraction of sp³-hybridized carbons (Fsp3) is 0.316. The Morgan fingerprint density at radius 2 is 2.04 bits per heavy atom. The number of hydrogen-bond acceptors (Lipinski definition) is 5. The van der Waals surface area contributed by atoms with E-state index in [9.17, 15) is 4.79 Å². The molecule has 5 nitrogen and oxygen atoms in total. The zero-order chi connectivity index (χ0) is 17.2. The van der Waals surface area contributed by atoms with Crippen LogP contribution < -0.4 is 10.6 Å². The van der Waals surface area contributed by atoms with E-state index in [1.807, 2.05) is 25.1 Å². The standard InChI is InChI=1S/C19H20N4OS/c1-12-22-18(21-10-16(24)20-9-13-7-8-13)17-15(11-25-19(17)23-12)14-5-3-2-4-6-14/h2-6,11,13H,7-10H2,1H3,(H,20,24)(H,21,22,23). The van der Waals surface area contributed by atoms with E-state index >= 15 is 0 Å². The Morgan fingerprint density at radius 3 is 2.80 bits per heavy atom. The van der Waals surface area contributed by atoms with Crippen LogP contribution in [0.25, 0.3) is 21.3 Å². The van der Waals surface area contributed by atoms with Crippen LogP contribution in [-0.2, 0) is 4.79 Å². The zero-order valence-corrected chi connectivity index (χ0v) is 14.9. The molecule has 1 aliphatic carbocycles. The Balaban J connectivity index is 1.60. The number of amides is 1. The fourth-order valence-electron chi connectivity index (χ4n) is 2.81. The smallest absolute Gasteiger partial charge is 0.239 e. The number of carbonyl (C=O) groups excluding carboxylic acids is 1. The summed E-state index contributed by atoms with van der Waals surface area (Å²) in [4.78, 5) is 22.1. The molecule has 1 amide bonds. The fourth-order valence-corrected chi connectivity index (χ4v) is 3.81. The summed E-state index contributed by atoms with van der Waals surface area (Å²) < 4.78 is 0. The van der Waals surface area contributed by atoms with Gasteiger partial charge in [-0.1, -0.05) is 30.3 Å². The summed E-state index contributed by atoms with van der Waals surface area (Å²) in [5.74, 6) is 2.12. The molecule has 1 fully saturated rings. The molecule has 25 heavy (non-hydrogen) atoms. The summed E-state index contributed by atoms with van der Waals surface area (Å²) in [6.07, 6.45) is 2.46. The average Bonchev–Trinajstić information content (AvgIpc) is 3.36. The van der Waals surface area contributed by atoms with Crippen molar-refractivity contribution in [3.8, 4) is 11.1 Å². The molecular weight excluding hydrogens is 332 g/mol. The van der Waals surface area contributed by atoms with E-state index < -0.39 is 0 Å². The molecule has 0 spiro atoms. The van der Waals surface area contributed by atoms with Gasteiger partial charge in [0.2, 0.25) is 5.91 Å². The Hall–Kier alpha value is -2.47. The first-order valence-corrected chi connectivity index (χ1v) is 9.40. The van der Waals surface area contributed by atoms with E-state index in [0.29, 0.717) is 11.7 Å². The monoisotopic (exact) mass is 352 g/mol. The summed E-state index contributed by atoms with van der Waals surface area (Å²) in [6, 6.07) is 10.2. The molecule has 2 aromatic heterocycles. The maximum atomic E-state index is 12.0. The SMILES string of the molecule is Cc1nc(NCC(=O)NCC2CC2)c2c(-c3ccccc3)csc2n1. The van der Waals surface area contributed by atoms with Crippen molar-refractivity contribution in [3.63, 3.8) is 0 Å². The van der Waals surface area contributed by atoms with Gasteiger partial charge in [0, 0.05) is 17.5 Å². The third kappa shape index (κ3) is 3.64. The van der Waals surface area contributed by atoms with Gasteiger partial charge in [0.15, 0.2) is 0 Å². The van der Waals surface area contributed by atoms with E-state index in [4.69, 9.17) is 0 Å². The second-order valence-electron chi connectivity index (χ2n) is 6.42. The predicted octanol–water partition coefficient (Wildman–Crippen LogP) is 3.60. The highest BCUT2D eigenvalue weighted by atomic mass is 32.1. The second-order valence-corrected chi connectivity index (χ2v) is 7.27. The van der Waals surface area contributed by atoms with Gasteiger partial charge in [0.1, 0.15) is 16.5 Å². The van der Waals surface area contributed by atoms with Gasteiger partial charge in [-0.15, -0.1) is 11.3 Å². The number of fused-ring (bicyclic) bond motifs is 1. The van der Waals surface area contributed by atoms with Gasteiger partial charge in [-0.25, -0.2) is 9.97 Å². The van der Waals surface area contributed by atoms with Gasteiger partial charge in [0.05, 0.1) is 11.9 Å². The minimum atomic E-state index is 0.00723. The quantitative estimate of drug-likeness (QED) is 0.711. The molecule has 1 aromatic carbocycles. The Labute approximate surface area is 150 Å². The Kier molecular flexibility index (Phi) is 4.36. The lowest BCUT2D eigenvalue weighted by molar-refractivity contribution is -0.119. The molecule has 2 heterocycles. The molecule has 3 aromatic rings. The lowest BCUT2D eigenvalue weighted by Crippen LogP contribution is -2.31. The molecule has 0 bridgehead atoms. The molecule has 0 aliphatic heterocycles. The number of carbonyl (C=O) groups is 1. The van der Waals surface area contributed by atoms with Crippen LogP contribution in [0.1, 0.15) is 18.7 Å². The summed E-state index contributed by atoms with van der Waals surface area (Å²) >= 11 is 1.60. The first-order valence-electron chi connectivity index (χ1n) is 8.52. The van der Waals surface area contributed by atoms with Crippen molar-refractivity contribution in [2.75, 3.05) is 18.4 Å². The van der Waals surface area contributed by atoms with Crippen molar-refractivity contribution in [1.29, 1.82) is 0 Å². The van der Waals surface area contributed by atoms with Crippen molar-refractivity contribution in [2.45, 2.75) is 19.8 Å². The van der Waals surface area contributed by atoms with Crippen molar-refractivity contribution >= 4 is 33.3 Å². The number of thiophene rings is 1. The zero-order valence-electron chi connectivity index (χ0n) is 14.1. The van der Waals surface area contributed by atoms with Crippen LogP contribution in [0, 0.1) is 12.8 Å². The van der Waals surface area contributed by atoms with Gasteiger partial charge in [-0.05, 0) is 31.2 Å². The minimum absolute atomic E-state index is 0.00723. The van der Waals surface area contributed by atoms with Crippen molar-refractivity contribution in [1.82, 2.24) is 15.3 Å². The van der Waals surface area contributed by atoms with E-state index in [1.165, 1.54) is 12.8 Å². The molecule has 1 saturated carbocycles. The molecule has 0 atom stereocenters. The molecule has 6 heteroatoms. The maximum absolute atomic E-state index is 12.0. The summed E-state index contributed by atoms with van der Waals surface area (Å²) in [7, 11) is 0. The number of nitrogens with one attached hydrogen (secondary N) is 2. The van der Waals surface area contributed by atoms with Crippen LogP contribution in [-0.4, -0.2) is 29.0 Å². The van der Waals surface area contributed by atoms with Crippen LogP contribution >= 0.6 is 11.3 Å². The third-order valence-electron chi connectivity index (χ3n) is 4.33. The van der Waals surface area contributed by atoms with Crippen LogP contribution in [0.5, 0.6) is 0 Å². The first-order chi connectivity index (χ1) is 12.2. The van der Waals surface area contributed by atoms with Crippen molar-refractivity contribution < 1.29 is 4.79 Å². The highest BCUT2D eigenvalue weighted by Crippen LogP contribution is 2.36. The number of nitrogens with zero attached hydrogens (tertiary/aromatic N) is 2. The normalized spacial score (nSPS) is 13.8. The maximum Gasteiger partial charge on any atom is 0.239 e. The number of rotatable bonds is 6. The number of aromatic nitrogens is 2. The molecule has 0 unspecified atom stereocenters. The molecule has 128 valence electrons. The van der Waals surface area contributed by atoms with Crippen molar-refractivity contribution in [2.24, 2.45) is 5.92 Å². The van der Waals surface area contributed by atoms with Crippen LogP contribution in [0.4, 0.5) is 5.82 Å². The van der Waals surface area contributed by atoms with Gasteiger partial charge in [-0.3, -0.25) is 4.79 Å². The summed E-state index contributed by atoms with van der Waals surface area (Å²) in [5, 5.41) is 9.27. The molecule has 2 N–H and O–H groups in total. The van der Waals surface area contributed by atoms with E-state index in [0.717, 1.165) is 33.7 Å². The number of anilines is 1. The minimum Gasteiger partial charge on any atom is -0.360 e. The summed E-state index contributed by atoms with van der Waals surface area (Å²) in [5.41, 5.74) is 2.23. The third-order valence-corrected chi connectivity index (χ3v) is 5.20. The first kappa shape index (κ1) is 16.0. The molecular formula is C19H20N4OS. The molecule has 0 radical (unpaired) electrons. The van der Waals surface area contributed by atoms with E-state index in [2.05, 4.69) is 38.1 Å². The van der Waals surface area contributed by atoms with Crippen LogP contribution in [0.3, 0.4) is 0 Å². The van der Waals surface area contributed by atoms with Crippen LogP contribution in [0.2, 0.25) is 0 Å². The number of benzene rings is 1. The Bertz CT molecular complexity index is 902. The van der Waals surface area contributed by atoms with Gasteiger partial charge < -0.3 is 10.6 Å². The predicted molar refractivity (Wildman–Crippen MR) is 102 cm³/mol. The highest BCUT2D eigenvalue weighted by Gasteiger charge is 2.21. The molecule has 0 saturated heterocycles. The average molecular weight is 352 g/mol. The Morgan fingerprint density at radius 1 is 1.24 bits per heavy atom. The van der Waals surface area contributed by atoms with E-state index in [-0.39, 0.29) is 12.5 Å². The number of aryl methyl sites for hydroxylation is 1. The molecule has 1 aliphatic rings. The summed E-state index contributed by atoms with van der Waals surface area (Å²) in [6.45, 7) is 2.88. The van der Waals surface area contributed by atoms with E-state index in [1.54, 1.807) is 11.3 Å². The number of hydrogen-bond donors (Lipinski definition) is 2. The molecule has 4 rings (SSSR count). The highest BCUT2D eigenvalue weighted by molar-refractivity contribution is 7.17. The van der Waals surface area contributed by atoms with Crippen LogP contribution in [0.15, 0.2) is 35.7 Å². The largest absolute Gasteiger partial charge is 0.360 e. The van der Waals surface area contributed by atoms with Gasteiger partial charge >= 0.3 is 0 Å². The van der Waals surface area contributed by atoms with Gasteiger partial charge in [0.25, 0.3) is 0 Å². The lowest BCUT2D eigenvalue weighted by atomic mass is 10.1. The van der Waals surface area contributed by atoms with Gasteiger partial charge in [-0.2, -0.15) is 0 Å². The second kappa shape index (κ2) is 6.80. The lowest BCUT2D eigenvalue weighted by Gasteiger charge is -2.10. The topological polar surface area (TPSA) is 66.9 Å².